The maximum atomic E-state index is 3.52. The minimum Gasteiger partial charge on any atom is -0.372 e. The SMILES string of the molecule is CCN(CC(C)C)c1ccc(CNCC(C)C)c(C)c1. The van der Waals surface area contributed by atoms with E-state index in [0.717, 1.165) is 26.2 Å². The smallest absolute Gasteiger partial charge is 0.0369 e. The van der Waals surface area contributed by atoms with Crippen molar-refractivity contribution in [2.45, 2.75) is 48.1 Å². The van der Waals surface area contributed by atoms with Gasteiger partial charge in [0.1, 0.15) is 0 Å². The Morgan fingerprint density at radius 3 is 2.30 bits per heavy atom. The van der Waals surface area contributed by atoms with Crippen molar-refractivity contribution in [3.8, 4) is 0 Å². The summed E-state index contributed by atoms with van der Waals surface area (Å²) in [5.74, 6) is 1.40. The van der Waals surface area contributed by atoms with Crippen molar-refractivity contribution in [1.29, 1.82) is 0 Å². The number of nitrogens with zero attached hydrogens (tertiary/aromatic N) is 1. The molecule has 0 spiro atoms. The first kappa shape index (κ1) is 17.0. The summed E-state index contributed by atoms with van der Waals surface area (Å²) >= 11 is 0. The number of hydrogen-bond donors (Lipinski definition) is 1. The van der Waals surface area contributed by atoms with Crippen molar-refractivity contribution >= 4 is 5.69 Å². The summed E-state index contributed by atoms with van der Waals surface area (Å²) in [5, 5.41) is 3.52. The molecule has 1 aromatic carbocycles. The summed E-state index contributed by atoms with van der Waals surface area (Å²) in [6.07, 6.45) is 0. The molecule has 0 amide bonds. The van der Waals surface area contributed by atoms with Crippen LogP contribution in [-0.2, 0) is 6.54 Å². The first-order valence-corrected chi connectivity index (χ1v) is 7.99. The van der Waals surface area contributed by atoms with Gasteiger partial charge in [-0.1, -0.05) is 33.8 Å². The van der Waals surface area contributed by atoms with E-state index in [1.165, 1.54) is 16.8 Å². The fourth-order valence-corrected chi connectivity index (χ4v) is 2.43. The molecule has 2 nitrogen and oxygen atoms in total. The van der Waals surface area contributed by atoms with Gasteiger partial charge < -0.3 is 10.2 Å². The van der Waals surface area contributed by atoms with Crippen molar-refractivity contribution in [3.63, 3.8) is 0 Å². The zero-order chi connectivity index (χ0) is 15.1. The van der Waals surface area contributed by atoms with Crippen LogP contribution in [-0.4, -0.2) is 19.6 Å². The van der Waals surface area contributed by atoms with Crippen LogP contribution in [0.25, 0.3) is 0 Å². The Morgan fingerprint density at radius 2 is 1.80 bits per heavy atom. The average molecular weight is 276 g/mol. The molecule has 0 radical (unpaired) electrons. The molecule has 0 aliphatic carbocycles. The molecule has 0 saturated carbocycles. The quantitative estimate of drug-likeness (QED) is 0.764. The van der Waals surface area contributed by atoms with E-state index < -0.39 is 0 Å². The first-order chi connectivity index (χ1) is 9.43. The Balaban J connectivity index is 2.71. The van der Waals surface area contributed by atoms with Gasteiger partial charge in [-0.2, -0.15) is 0 Å². The number of nitrogens with one attached hydrogen (secondary N) is 1. The van der Waals surface area contributed by atoms with Crippen LogP contribution in [0.5, 0.6) is 0 Å². The topological polar surface area (TPSA) is 15.3 Å². The molecule has 0 fully saturated rings. The lowest BCUT2D eigenvalue weighted by atomic mass is 10.1. The predicted molar refractivity (Wildman–Crippen MR) is 90.4 cm³/mol. The average Bonchev–Trinajstić information content (AvgIpc) is 2.37. The maximum absolute atomic E-state index is 3.52. The highest BCUT2D eigenvalue weighted by atomic mass is 15.1. The lowest BCUT2D eigenvalue weighted by Crippen LogP contribution is -2.27. The second-order valence-corrected chi connectivity index (χ2v) is 6.57. The summed E-state index contributed by atoms with van der Waals surface area (Å²) in [7, 11) is 0. The van der Waals surface area contributed by atoms with Crippen LogP contribution >= 0.6 is 0 Å². The third kappa shape index (κ3) is 5.54. The Kier molecular flexibility index (Phi) is 7.08. The number of aryl methyl sites for hydroxylation is 1. The summed E-state index contributed by atoms with van der Waals surface area (Å²) in [6, 6.07) is 6.88. The van der Waals surface area contributed by atoms with Crippen LogP contribution in [0, 0.1) is 18.8 Å². The molecule has 0 bridgehead atoms. The monoisotopic (exact) mass is 276 g/mol. The van der Waals surface area contributed by atoms with Gasteiger partial charge in [0.2, 0.25) is 0 Å². The highest BCUT2D eigenvalue weighted by Crippen LogP contribution is 2.20. The van der Waals surface area contributed by atoms with Crippen molar-refractivity contribution < 1.29 is 0 Å². The minimum atomic E-state index is 0.697. The first-order valence-electron chi connectivity index (χ1n) is 7.99. The molecular formula is C18H32N2. The lowest BCUT2D eigenvalue weighted by molar-refractivity contribution is 0.551. The minimum absolute atomic E-state index is 0.697. The van der Waals surface area contributed by atoms with Crippen LogP contribution in [0.4, 0.5) is 5.69 Å². The van der Waals surface area contributed by atoms with Crippen molar-refractivity contribution in [1.82, 2.24) is 5.32 Å². The van der Waals surface area contributed by atoms with Gasteiger partial charge in [0.05, 0.1) is 0 Å². The van der Waals surface area contributed by atoms with E-state index in [-0.39, 0.29) is 0 Å². The van der Waals surface area contributed by atoms with Gasteiger partial charge in [0.15, 0.2) is 0 Å². The van der Waals surface area contributed by atoms with E-state index in [0.29, 0.717) is 11.8 Å². The molecule has 114 valence electrons. The Morgan fingerprint density at radius 1 is 1.10 bits per heavy atom. The molecule has 0 aliphatic heterocycles. The van der Waals surface area contributed by atoms with Crippen LogP contribution in [0.3, 0.4) is 0 Å². The molecule has 1 N–H and O–H groups in total. The second kappa shape index (κ2) is 8.31. The van der Waals surface area contributed by atoms with Crippen molar-refractivity contribution in [2.75, 3.05) is 24.5 Å². The summed E-state index contributed by atoms with van der Waals surface area (Å²) < 4.78 is 0. The molecule has 0 aromatic heterocycles. The Labute approximate surface area is 125 Å². The number of anilines is 1. The van der Waals surface area contributed by atoms with Gasteiger partial charge in [-0.05, 0) is 55.5 Å². The van der Waals surface area contributed by atoms with Gasteiger partial charge in [-0.25, -0.2) is 0 Å². The molecule has 0 aliphatic rings. The third-order valence-electron chi connectivity index (χ3n) is 3.53. The van der Waals surface area contributed by atoms with Crippen LogP contribution in [0.1, 0.15) is 45.7 Å². The van der Waals surface area contributed by atoms with Crippen LogP contribution in [0.2, 0.25) is 0 Å². The molecule has 0 atom stereocenters. The molecule has 0 saturated heterocycles. The summed E-state index contributed by atoms with van der Waals surface area (Å²) in [4.78, 5) is 2.46. The molecule has 1 rings (SSSR count). The lowest BCUT2D eigenvalue weighted by Gasteiger charge is -2.26. The maximum Gasteiger partial charge on any atom is 0.0369 e. The van der Waals surface area contributed by atoms with E-state index in [1.807, 2.05) is 0 Å². The highest BCUT2D eigenvalue weighted by Gasteiger charge is 2.08. The van der Waals surface area contributed by atoms with Crippen LogP contribution < -0.4 is 10.2 Å². The highest BCUT2D eigenvalue weighted by molar-refractivity contribution is 5.50. The summed E-state index contributed by atoms with van der Waals surface area (Å²) in [6.45, 7) is 17.7. The zero-order valence-electron chi connectivity index (χ0n) is 14.2. The van der Waals surface area contributed by atoms with E-state index in [2.05, 4.69) is 70.0 Å². The molecular weight excluding hydrogens is 244 g/mol. The van der Waals surface area contributed by atoms with Crippen LogP contribution in [0.15, 0.2) is 18.2 Å². The molecule has 0 unspecified atom stereocenters. The third-order valence-corrected chi connectivity index (χ3v) is 3.53. The van der Waals surface area contributed by atoms with Crippen molar-refractivity contribution in [3.05, 3.63) is 29.3 Å². The summed E-state index contributed by atoms with van der Waals surface area (Å²) in [5.41, 5.74) is 4.15. The molecule has 0 heterocycles. The zero-order valence-corrected chi connectivity index (χ0v) is 14.2. The normalized spacial score (nSPS) is 11.4. The van der Waals surface area contributed by atoms with Gasteiger partial charge in [0.25, 0.3) is 0 Å². The Bertz CT molecular complexity index is 396. The predicted octanol–water partition coefficient (Wildman–Crippen LogP) is 4.22. The van der Waals surface area contributed by atoms with E-state index in [4.69, 9.17) is 0 Å². The molecule has 1 aromatic rings. The number of benzene rings is 1. The standard InChI is InChI=1S/C18H32N2/c1-7-20(13-15(4)5)18-9-8-17(16(6)10-18)12-19-11-14(2)3/h8-10,14-15,19H,7,11-13H2,1-6H3. The van der Waals surface area contributed by atoms with Gasteiger partial charge in [0, 0.05) is 25.3 Å². The largest absolute Gasteiger partial charge is 0.372 e. The van der Waals surface area contributed by atoms with E-state index in [1.54, 1.807) is 0 Å². The number of rotatable bonds is 8. The molecule has 20 heavy (non-hydrogen) atoms. The second-order valence-electron chi connectivity index (χ2n) is 6.57. The molecule has 2 heteroatoms. The van der Waals surface area contributed by atoms with Gasteiger partial charge in [-0.3, -0.25) is 0 Å². The Hall–Kier alpha value is -1.02. The van der Waals surface area contributed by atoms with Gasteiger partial charge >= 0.3 is 0 Å². The van der Waals surface area contributed by atoms with Crippen molar-refractivity contribution in [2.24, 2.45) is 11.8 Å². The van der Waals surface area contributed by atoms with E-state index in [9.17, 15) is 0 Å². The number of hydrogen-bond acceptors (Lipinski definition) is 2. The van der Waals surface area contributed by atoms with Gasteiger partial charge in [-0.15, -0.1) is 0 Å². The fourth-order valence-electron chi connectivity index (χ4n) is 2.43. The van der Waals surface area contributed by atoms with E-state index >= 15 is 0 Å². The fraction of sp³-hybridized carbons (Fsp3) is 0.667.